The van der Waals surface area contributed by atoms with Crippen LogP contribution in [0.3, 0.4) is 0 Å². The van der Waals surface area contributed by atoms with E-state index >= 15 is 0 Å². The lowest BCUT2D eigenvalue weighted by Crippen LogP contribution is -2.46. The third-order valence-corrected chi connectivity index (χ3v) is 5.40. The number of hydrogen-bond donors (Lipinski definition) is 1. The molecule has 0 bridgehead atoms. The molecule has 3 heterocycles. The van der Waals surface area contributed by atoms with Crippen LogP contribution in [0.1, 0.15) is 29.7 Å². The number of carboxylic acid groups (broad SMARTS) is 1. The van der Waals surface area contributed by atoms with Crippen molar-refractivity contribution in [2.45, 2.75) is 31.3 Å². The molecule has 1 fully saturated rings. The number of carboxylic acids is 1. The summed E-state index contributed by atoms with van der Waals surface area (Å²) in [5, 5.41) is 8.60. The predicted octanol–water partition coefficient (Wildman–Crippen LogP) is 2.23. The van der Waals surface area contributed by atoms with Gasteiger partial charge in [-0.3, -0.25) is 4.79 Å². The quantitative estimate of drug-likeness (QED) is 0.930. The van der Waals surface area contributed by atoms with Gasteiger partial charge in [0.2, 0.25) is 0 Å². The first-order chi connectivity index (χ1) is 9.59. The third-order valence-electron chi connectivity index (χ3n) is 4.25. The molecule has 0 aromatic carbocycles. The summed E-state index contributed by atoms with van der Waals surface area (Å²) in [7, 11) is 0. The Morgan fingerprint density at radius 2 is 2.25 bits per heavy atom. The number of rotatable bonds is 3. The van der Waals surface area contributed by atoms with Crippen molar-refractivity contribution in [3.05, 3.63) is 21.6 Å². The van der Waals surface area contributed by atoms with Crippen molar-refractivity contribution >= 4 is 17.3 Å². The largest absolute Gasteiger partial charge is 0.481 e. The molecule has 0 atom stereocenters. The van der Waals surface area contributed by atoms with Gasteiger partial charge in [0, 0.05) is 24.5 Å². The molecule has 20 heavy (non-hydrogen) atoms. The van der Waals surface area contributed by atoms with E-state index in [2.05, 4.69) is 4.90 Å². The van der Waals surface area contributed by atoms with Gasteiger partial charge in [-0.25, -0.2) is 0 Å². The fourth-order valence-electron chi connectivity index (χ4n) is 3.15. The van der Waals surface area contributed by atoms with Crippen molar-refractivity contribution in [3.63, 3.8) is 0 Å². The molecule has 6 heteroatoms. The monoisotopic (exact) mass is 299 g/mol. The number of fused-ring (bicyclic) bond motifs is 2. The SMILES string of the molecule is O=C(O)CCN1CCC2(CC1)OCCc1cc(F)sc12. The summed E-state index contributed by atoms with van der Waals surface area (Å²) in [4.78, 5) is 13.8. The number of nitrogens with zero attached hydrogens (tertiary/aromatic N) is 1. The van der Waals surface area contributed by atoms with Crippen LogP contribution in [0.5, 0.6) is 0 Å². The summed E-state index contributed by atoms with van der Waals surface area (Å²) in [5.74, 6) is -0.762. The number of halogens is 1. The molecule has 0 saturated carbocycles. The Morgan fingerprint density at radius 3 is 2.95 bits per heavy atom. The first-order valence-electron chi connectivity index (χ1n) is 6.96. The highest BCUT2D eigenvalue weighted by Gasteiger charge is 2.42. The zero-order chi connectivity index (χ0) is 14.2. The summed E-state index contributed by atoms with van der Waals surface area (Å²) in [6.07, 6.45) is 2.60. The van der Waals surface area contributed by atoms with Crippen molar-refractivity contribution in [1.82, 2.24) is 4.90 Å². The lowest BCUT2D eigenvalue weighted by atomic mass is 9.85. The van der Waals surface area contributed by atoms with E-state index < -0.39 is 5.97 Å². The maximum absolute atomic E-state index is 13.5. The van der Waals surface area contributed by atoms with Crippen molar-refractivity contribution in [2.24, 2.45) is 0 Å². The van der Waals surface area contributed by atoms with Crippen LogP contribution in [0.2, 0.25) is 0 Å². The van der Waals surface area contributed by atoms with Crippen LogP contribution in [-0.4, -0.2) is 42.2 Å². The van der Waals surface area contributed by atoms with Crippen LogP contribution in [0.4, 0.5) is 4.39 Å². The fourth-order valence-corrected chi connectivity index (χ4v) is 4.29. The van der Waals surface area contributed by atoms with E-state index in [-0.39, 0.29) is 17.2 Å². The third kappa shape index (κ3) is 2.60. The van der Waals surface area contributed by atoms with Crippen molar-refractivity contribution < 1.29 is 19.0 Å². The van der Waals surface area contributed by atoms with E-state index in [0.29, 0.717) is 13.2 Å². The van der Waals surface area contributed by atoms with Gasteiger partial charge in [-0.05, 0) is 30.9 Å². The first-order valence-corrected chi connectivity index (χ1v) is 7.77. The average Bonchev–Trinajstić information content (AvgIpc) is 2.80. The number of thiophene rings is 1. The lowest BCUT2D eigenvalue weighted by Gasteiger charge is -2.43. The van der Waals surface area contributed by atoms with Gasteiger partial charge < -0.3 is 14.7 Å². The Balaban J connectivity index is 1.69. The van der Waals surface area contributed by atoms with E-state index in [1.54, 1.807) is 6.07 Å². The maximum Gasteiger partial charge on any atom is 0.304 e. The average molecular weight is 299 g/mol. The fraction of sp³-hybridized carbons (Fsp3) is 0.643. The lowest BCUT2D eigenvalue weighted by molar-refractivity contribution is -0.137. The topological polar surface area (TPSA) is 49.8 Å². The number of hydrogen-bond acceptors (Lipinski definition) is 4. The van der Waals surface area contributed by atoms with Crippen LogP contribution in [0.25, 0.3) is 0 Å². The minimum absolute atomic E-state index is 0.131. The van der Waals surface area contributed by atoms with Gasteiger partial charge in [-0.2, -0.15) is 4.39 Å². The van der Waals surface area contributed by atoms with Crippen molar-refractivity contribution in [2.75, 3.05) is 26.2 Å². The van der Waals surface area contributed by atoms with Crippen molar-refractivity contribution in [3.8, 4) is 0 Å². The number of likely N-dealkylation sites (tertiary alicyclic amines) is 1. The Morgan fingerprint density at radius 1 is 1.50 bits per heavy atom. The van der Waals surface area contributed by atoms with Crippen LogP contribution < -0.4 is 0 Å². The summed E-state index contributed by atoms with van der Waals surface area (Å²) in [6, 6.07) is 1.64. The normalized spacial score (nSPS) is 21.9. The first kappa shape index (κ1) is 14.0. The summed E-state index contributed by atoms with van der Waals surface area (Å²) in [5.41, 5.74) is 0.764. The van der Waals surface area contributed by atoms with Gasteiger partial charge in [0.15, 0.2) is 5.13 Å². The molecule has 1 N–H and O–H groups in total. The molecule has 1 aromatic rings. The van der Waals surface area contributed by atoms with Crippen LogP contribution >= 0.6 is 11.3 Å². The molecular formula is C14H18FNO3S. The van der Waals surface area contributed by atoms with Crippen LogP contribution in [0, 0.1) is 5.13 Å². The van der Waals surface area contributed by atoms with Gasteiger partial charge in [-0.15, -0.1) is 11.3 Å². The highest BCUT2D eigenvalue weighted by molar-refractivity contribution is 7.10. The predicted molar refractivity (Wildman–Crippen MR) is 73.5 cm³/mol. The van der Waals surface area contributed by atoms with Gasteiger partial charge >= 0.3 is 5.97 Å². The molecule has 4 nitrogen and oxygen atoms in total. The molecule has 0 unspecified atom stereocenters. The Labute approximate surface area is 121 Å². The highest BCUT2D eigenvalue weighted by atomic mass is 32.1. The van der Waals surface area contributed by atoms with Gasteiger partial charge in [0.1, 0.15) is 5.60 Å². The van der Waals surface area contributed by atoms with Gasteiger partial charge in [0.25, 0.3) is 0 Å². The maximum atomic E-state index is 13.5. The van der Waals surface area contributed by atoms with Gasteiger partial charge in [-0.1, -0.05) is 0 Å². The smallest absolute Gasteiger partial charge is 0.304 e. The molecule has 3 rings (SSSR count). The molecule has 0 amide bonds. The second kappa shape index (κ2) is 5.42. The number of piperidine rings is 1. The molecule has 110 valence electrons. The standard InChI is InChI=1S/C14H18FNO3S/c15-11-9-10-2-8-19-14(13(10)20-11)3-6-16(7-4-14)5-1-12(17)18/h9H,1-8H2,(H,17,18). The number of carbonyl (C=O) groups is 1. The summed E-state index contributed by atoms with van der Waals surface area (Å²) >= 11 is 1.21. The summed E-state index contributed by atoms with van der Waals surface area (Å²) < 4.78 is 19.5. The van der Waals surface area contributed by atoms with E-state index in [0.717, 1.165) is 42.8 Å². The van der Waals surface area contributed by atoms with E-state index in [1.165, 1.54) is 11.3 Å². The molecule has 1 spiro atoms. The van der Waals surface area contributed by atoms with E-state index in [1.807, 2.05) is 0 Å². The minimum atomic E-state index is -0.762. The Bertz CT molecular complexity index is 509. The Kier molecular flexibility index (Phi) is 3.79. The van der Waals surface area contributed by atoms with E-state index in [9.17, 15) is 9.18 Å². The molecule has 2 aliphatic rings. The number of aliphatic carboxylic acids is 1. The molecule has 1 aromatic heterocycles. The molecule has 1 saturated heterocycles. The molecule has 2 aliphatic heterocycles. The zero-order valence-electron chi connectivity index (χ0n) is 11.2. The zero-order valence-corrected chi connectivity index (χ0v) is 12.0. The molecule has 0 radical (unpaired) electrons. The minimum Gasteiger partial charge on any atom is -0.481 e. The molecule has 0 aliphatic carbocycles. The number of ether oxygens (including phenoxy) is 1. The van der Waals surface area contributed by atoms with E-state index in [4.69, 9.17) is 9.84 Å². The Hall–Kier alpha value is -0.980. The second-order valence-electron chi connectivity index (χ2n) is 5.48. The highest BCUT2D eigenvalue weighted by Crippen LogP contribution is 2.45. The molecular weight excluding hydrogens is 281 g/mol. The second-order valence-corrected chi connectivity index (χ2v) is 6.49. The van der Waals surface area contributed by atoms with Crippen LogP contribution in [-0.2, 0) is 21.6 Å². The summed E-state index contributed by atoms with van der Waals surface area (Å²) in [6.45, 7) is 2.86. The van der Waals surface area contributed by atoms with Crippen molar-refractivity contribution in [1.29, 1.82) is 0 Å². The van der Waals surface area contributed by atoms with Crippen LogP contribution in [0.15, 0.2) is 6.07 Å². The van der Waals surface area contributed by atoms with Gasteiger partial charge in [0.05, 0.1) is 13.0 Å².